The summed E-state index contributed by atoms with van der Waals surface area (Å²) in [6, 6.07) is 8.20. The second-order valence-electron chi connectivity index (χ2n) is 3.72. The van der Waals surface area contributed by atoms with Crippen LogP contribution >= 0.6 is 0 Å². The van der Waals surface area contributed by atoms with Gasteiger partial charge in [0.05, 0.1) is 18.4 Å². The molecule has 0 spiro atoms. The van der Waals surface area contributed by atoms with Crippen LogP contribution in [0.3, 0.4) is 0 Å². The van der Waals surface area contributed by atoms with Crippen molar-refractivity contribution < 1.29 is 14.3 Å². The molecule has 0 aliphatic carbocycles. The number of hydrogen-bond donors (Lipinski definition) is 2. The number of methoxy groups -OCH3 is 1. The first kappa shape index (κ1) is 15.2. The third-order valence-electron chi connectivity index (χ3n) is 2.40. The van der Waals surface area contributed by atoms with E-state index in [4.69, 9.17) is 5.26 Å². The second kappa shape index (κ2) is 7.59. The molecule has 104 valence electrons. The number of benzene rings is 1. The molecule has 20 heavy (non-hydrogen) atoms. The fraction of sp³-hybridized carbons (Fsp3) is 0.214. The molecule has 1 amide bonds. The largest absolute Gasteiger partial charge is 0.465 e. The molecule has 1 aromatic rings. The molecule has 2 N–H and O–H groups in total. The summed E-state index contributed by atoms with van der Waals surface area (Å²) in [5.41, 5.74) is 0.442. The molecule has 1 aromatic carbocycles. The van der Waals surface area contributed by atoms with Crippen molar-refractivity contribution in [1.29, 1.82) is 5.26 Å². The fourth-order valence-electron chi connectivity index (χ4n) is 1.42. The SMILES string of the molecule is CCN/C=C(/C#N)C(=O)Nc1ccccc1C(=O)OC. The Morgan fingerprint density at radius 1 is 1.40 bits per heavy atom. The molecule has 6 nitrogen and oxygen atoms in total. The van der Waals surface area contributed by atoms with Crippen molar-refractivity contribution in [3.05, 3.63) is 41.6 Å². The third-order valence-corrected chi connectivity index (χ3v) is 2.40. The molecular weight excluding hydrogens is 258 g/mol. The van der Waals surface area contributed by atoms with Crippen molar-refractivity contribution in [2.45, 2.75) is 6.92 Å². The van der Waals surface area contributed by atoms with E-state index in [2.05, 4.69) is 15.4 Å². The van der Waals surface area contributed by atoms with E-state index in [-0.39, 0.29) is 11.1 Å². The van der Waals surface area contributed by atoms with Crippen LogP contribution in [0.25, 0.3) is 0 Å². The summed E-state index contributed by atoms with van der Waals surface area (Å²) in [7, 11) is 1.26. The highest BCUT2D eigenvalue weighted by molar-refractivity contribution is 6.09. The summed E-state index contributed by atoms with van der Waals surface area (Å²) < 4.78 is 4.63. The maximum atomic E-state index is 11.9. The maximum Gasteiger partial charge on any atom is 0.339 e. The molecule has 0 radical (unpaired) electrons. The Bertz CT molecular complexity index is 573. The minimum absolute atomic E-state index is 0.0773. The highest BCUT2D eigenvalue weighted by Gasteiger charge is 2.15. The summed E-state index contributed by atoms with van der Waals surface area (Å²) >= 11 is 0. The van der Waals surface area contributed by atoms with E-state index < -0.39 is 11.9 Å². The first-order chi connectivity index (χ1) is 9.63. The molecule has 0 bridgehead atoms. The van der Waals surface area contributed by atoms with Gasteiger partial charge in [0.25, 0.3) is 5.91 Å². The Morgan fingerprint density at radius 2 is 2.10 bits per heavy atom. The van der Waals surface area contributed by atoms with Gasteiger partial charge in [-0.1, -0.05) is 12.1 Å². The number of para-hydroxylation sites is 1. The quantitative estimate of drug-likeness (QED) is 0.481. The van der Waals surface area contributed by atoms with E-state index in [0.29, 0.717) is 12.2 Å². The van der Waals surface area contributed by atoms with Gasteiger partial charge in [0.15, 0.2) is 0 Å². The van der Waals surface area contributed by atoms with Gasteiger partial charge in [-0.3, -0.25) is 4.79 Å². The molecular formula is C14H15N3O3. The van der Waals surface area contributed by atoms with Crippen molar-refractivity contribution in [1.82, 2.24) is 5.32 Å². The van der Waals surface area contributed by atoms with Crippen LogP contribution in [0.15, 0.2) is 36.0 Å². The summed E-state index contributed by atoms with van der Waals surface area (Å²) in [6.07, 6.45) is 1.33. The van der Waals surface area contributed by atoms with Gasteiger partial charge < -0.3 is 15.4 Å². The Morgan fingerprint density at radius 3 is 2.70 bits per heavy atom. The number of rotatable bonds is 5. The van der Waals surface area contributed by atoms with E-state index in [9.17, 15) is 9.59 Å². The summed E-state index contributed by atoms with van der Waals surface area (Å²) in [4.78, 5) is 23.5. The fourth-order valence-corrected chi connectivity index (χ4v) is 1.42. The first-order valence-corrected chi connectivity index (χ1v) is 5.96. The average molecular weight is 273 g/mol. The van der Waals surface area contributed by atoms with Crippen LogP contribution < -0.4 is 10.6 Å². The first-order valence-electron chi connectivity index (χ1n) is 5.96. The molecule has 0 atom stereocenters. The Hall–Kier alpha value is -2.81. The molecule has 0 aliphatic rings. The Balaban J connectivity index is 2.96. The monoisotopic (exact) mass is 273 g/mol. The second-order valence-corrected chi connectivity index (χ2v) is 3.72. The Labute approximate surface area is 117 Å². The zero-order chi connectivity index (χ0) is 15.0. The molecule has 0 saturated carbocycles. The molecule has 0 aromatic heterocycles. The van der Waals surface area contributed by atoms with Gasteiger partial charge in [0.1, 0.15) is 11.6 Å². The van der Waals surface area contributed by atoms with Crippen LogP contribution in [0.1, 0.15) is 17.3 Å². The van der Waals surface area contributed by atoms with E-state index in [0.717, 1.165) is 0 Å². The number of amides is 1. The minimum atomic E-state index is -0.593. The number of nitrogens with one attached hydrogen (secondary N) is 2. The van der Waals surface area contributed by atoms with Gasteiger partial charge in [-0.2, -0.15) is 5.26 Å². The van der Waals surface area contributed by atoms with Gasteiger partial charge in [0, 0.05) is 12.7 Å². The standard InChI is InChI=1S/C14H15N3O3/c1-3-16-9-10(8-15)13(18)17-12-7-5-4-6-11(12)14(19)20-2/h4-7,9,16H,3H2,1-2H3,(H,17,18)/b10-9-. The van der Waals surface area contributed by atoms with Crippen LogP contribution in [-0.4, -0.2) is 25.5 Å². The number of nitrogens with zero attached hydrogens (tertiary/aromatic N) is 1. The zero-order valence-electron chi connectivity index (χ0n) is 11.3. The van der Waals surface area contributed by atoms with Crippen molar-refractivity contribution in [3.63, 3.8) is 0 Å². The van der Waals surface area contributed by atoms with Gasteiger partial charge in [-0.15, -0.1) is 0 Å². The maximum absolute atomic E-state index is 11.9. The highest BCUT2D eigenvalue weighted by atomic mass is 16.5. The predicted molar refractivity (Wildman–Crippen MR) is 73.8 cm³/mol. The molecule has 6 heteroatoms. The number of esters is 1. The molecule has 0 heterocycles. The smallest absolute Gasteiger partial charge is 0.339 e. The third kappa shape index (κ3) is 3.85. The van der Waals surface area contributed by atoms with E-state index in [1.807, 2.05) is 6.92 Å². The number of ether oxygens (including phenoxy) is 1. The number of anilines is 1. The van der Waals surface area contributed by atoms with Crippen LogP contribution in [0, 0.1) is 11.3 Å². The van der Waals surface area contributed by atoms with E-state index in [1.54, 1.807) is 24.3 Å². The van der Waals surface area contributed by atoms with Crippen LogP contribution in [0.4, 0.5) is 5.69 Å². The highest BCUT2D eigenvalue weighted by Crippen LogP contribution is 2.16. The summed E-state index contributed by atoms with van der Waals surface area (Å²) in [5.74, 6) is -1.15. The number of carbonyl (C=O) groups is 2. The lowest BCUT2D eigenvalue weighted by molar-refractivity contribution is -0.112. The topological polar surface area (TPSA) is 91.2 Å². The van der Waals surface area contributed by atoms with Gasteiger partial charge >= 0.3 is 5.97 Å². The molecule has 0 unspecified atom stereocenters. The lowest BCUT2D eigenvalue weighted by atomic mass is 10.1. The molecule has 0 aliphatic heterocycles. The van der Waals surface area contributed by atoms with Crippen molar-refractivity contribution >= 4 is 17.6 Å². The van der Waals surface area contributed by atoms with Crippen LogP contribution in [0.5, 0.6) is 0 Å². The number of nitriles is 1. The van der Waals surface area contributed by atoms with Crippen molar-refractivity contribution in [2.24, 2.45) is 0 Å². The number of carbonyl (C=O) groups excluding carboxylic acids is 2. The van der Waals surface area contributed by atoms with Crippen LogP contribution in [-0.2, 0) is 9.53 Å². The summed E-state index contributed by atoms with van der Waals surface area (Å²) in [5, 5.41) is 14.2. The molecule has 1 rings (SSSR count). The van der Waals surface area contributed by atoms with Crippen LogP contribution in [0.2, 0.25) is 0 Å². The minimum Gasteiger partial charge on any atom is -0.465 e. The lowest BCUT2D eigenvalue weighted by Gasteiger charge is -2.09. The van der Waals surface area contributed by atoms with E-state index in [1.165, 1.54) is 19.4 Å². The van der Waals surface area contributed by atoms with Gasteiger partial charge in [0.2, 0.25) is 0 Å². The van der Waals surface area contributed by atoms with Gasteiger partial charge in [-0.05, 0) is 19.1 Å². The van der Waals surface area contributed by atoms with Crippen molar-refractivity contribution in [2.75, 3.05) is 19.0 Å². The van der Waals surface area contributed by atoms with Crippen molar-refractivity contribution in [3.8, 4) is 6.07 Å². The predicted octanol–water partition coefficient (Wildman–Crippen LogP) is 1.43. The molecule has 0 saturated heterocycles. The Kier molecular flexibility index (Phi) is 5.78. The normalized spacial score (nSPS) is 10.3. The lowest BCUT2D eigenvalue weighted by Crippen LogP contribution is -2.18. The van der Waals surface area contributed by atoms with E-state index >= 15 is 0 Å². The molecule has 0 fully saturated rings. The summed E-state index contributed by atoms with van der Waals surface area (Å²) in [6.45, 7) is 2.44. The average Bonchev–Trinajstić information content (AvgIpc) is 2.47. The zero-order valence-corrected chi connectivity index (χ0v) is 11.3. The number of hydrogen-bond acceptors (Lipinski definition) is 5. The van der Waals surface area contributed by atoms with Gasteiger partial charge in [-0.25, -0.2) is 4.79 Å².